The number of carbonyl (C=O) groups is 2. The Bertz CT molecular complexity index is 846. The second-order valence-corrected chi connectivity index (χ2v) is 9.24. The molecule has 0 bridgehead atoms. The van der Waals surface area contributed by atoms with Gasteiger partial charge in [0.05, 0.1) is 6.54 Å². The number of nitrogens with zero attached hydrogens (tertiary/aromatic N) is 4. The Balaban J connectivity index is 2.16. The van der Waals surface area contributed by atoms with Crippen LogP contribution in [0.4, 0.5) is 4.79 Å². The van der Waals surface area contributed by atoms with Gasteiger partial charge in [-0.25, -0.2) is 4.79 Å². The Morgan fingerprint density at radius 3 is 2.35 bits per heavy atom. The van der Waals surface area contributed by atoms with Gasteiger partial charge in [-0.15, -0.1) is 0 Å². The van der Waals surface area contributed by atoms with Crippen molar-refractivity contribution in [2.75, 3.05) is 27.2 Å². The number of rotatable bonds is 10. The van der Waals surface area contributed by atoms with Crippen molar-refractivity contribution in [2.45, 2.75) is 52.7 Å². The Morgan fingerprint density at radius 1 is 1.10 bits per heavy atom. The monoisotopic (exact) mass is 490 g/mol. The van der Waals surface area contributed by atoms with Gasteiger partial charge in [0.15, 0.2) is 0 Å². The zero-order chi connectivity index (χ0) is 23.0. The van der Waals surface area contributed by atoms with Crippen molar-refractivity contribution in [2.24, 2.45) is 0 Å². The molecular formula is C24H35BrN4O2. The molecule has 170 valence electrons. The average molecular weight is 491 g/mol. The van der Waals surface area contributed by atoms with Crippen molar-refractivity contribution >= 4 is 27.9 Å². The van der Waals surface area contributed by atoms with Crippen molar-refractivity contribution in [1.82, 2.24) is 19.3 Å². The third-order valence-electron chi connectivity index (χ3n) is 5.23. The number of halogens is 1. The second-order valence-electron chi connectivity index (χ2n) is 8.32. The molecule has 0 unspecified atom stereocenters. The van der Waals surface area contributed by atoms with Crippen LogP contribution in [0.2, 0.25) is 0 Å². The van der Waals surface area contributed by atoms with E-state index in [0.717, 1.165) is 29.6 Å². The lowest BCUT2D eigenvalue weighted by atomic mass is 10.2. The molecular weight excluding hydrogens is 456 g/mol. The molecule has 2 rings (SSSR count). The molecule has 0 radical (unpaired) electrons. The highest BCUT2D eigenvalue weighted by Gasteiger charge is 2.25. The van der Waals surface area contributed by atoms with Crippen LogP contribution in [0.25, 0.3) is 0 Å². The number of urea groups is 1. The lowest BCUT2D eigenvalue weighted by Gasteiger charge is -2.32. The molecule has 1 aromatic heterocycles. The summed E-state index contributed by atoms with van der Waals surface area (Å²) in [5.41, 5.74) is 2.29. The van der Waals surface area contributed by atoms with Gasteiger partial charge in [-0.05, 0) is 50.1 Å². The van der Waals surface area contributed by atoms with E-state index >= 15 is 0 Å². The minimum absolute atomic E-state index is 0.0197. The van der Waals surface area contributed by atoms with Crippen molar-refractivity contribution in [3.8, 4) is 0 Å². The largest absolute Gasteiger partial charge is 0.345 e. The van der Waals surface area contributed by atoms with Gasteiger partial charge in [-0.1, -0.05) is 41.4 Å². The van der Waals surface area contributed by atoms with Crippen LogP contribution in [0.1, 0.15) is 44.9 Å². The quantitative estimate of drug-likeness (QED) is 0.479. The molecule has 0 atom stereocenters. The molecule has 6 nitrogen and oxygen atoms in total. The summed E-state index contributed by atoms with van der Waals surface area (Å²) in [4.78, 5) is 30.8. The van der Waals surface area contributed by atoms with Crippen LogP contribution in [0, 0.1) is 0 Å². The zero-order valence-corrected chi connectivity index (χ0v) is 20.9. The maximum absolute atomic E-state index is 13.2. The number of hydrogen-bond donors (Lipinski definition) is 0. The Labute approximate surface area is 194 Å². The van der Waals surface area contributed by atoms with Gasteiger partial charge in [-0.2, -0.15) is 0 Å². The van der Waals surface area contributed by atoms with Gasteiger partial charge in [0.1, 0.15) is 6.54 Å². The van der Waals surface area contributed by atoms with E-state index in [1.54, 1.807) is 19.0 Å². The maximum Gasteiger partial charge on any atom is 0.320 e. The Hall–Kier alpha value is -2.28. The molecule has 3 amide bonds. The first kappa shape index (κ1) is 25.0. The normalized spacial score (nSPS) is 10.9. The zero-order valence-electron chi connectivity index (χ0n) is 19.3. The van der Waals surface area contributed by atoms with Crippen LogP contribution >= 0.6 is 15.9 Å². The van der Waals surface area contributed by atoms with E-state index in [4.69, 9.17) is 0 Å². The predicted molar refractivity (Wildman–Crippen MR) is 129 cm³/mol. The molecule has 0 aliphatic heterocycles. The van der Waals surface area contributed by atoms with Crippen LogP contribution in [0.3, 0.4) is 0 Å². The van der Waals surface area contributed by atoms with Crippen molar-refractivity contribution in [1.29, 1.82) is 0 Å². The SMILES string of the molecule is CCCCN(Cc1cccn1Cc1ccc(Br)cc1)C(=O)CN(C(=O)N(C)C)C(C)C. The van der Waals surface area contributed by atoms with E-state index in [9.17, 15) is 9.59 Å². The third kappa shape index (κ3) is 7.42. The lowest BCUT2D eigenvalue weighted by Crippen LogP contribution is -2.49. The molecule has 0 saturated heterocycles. The number of amides is 3. The summed E-state index contributed by atoms with van der Waals surface area (Å²) in [6.07, 6.45) is 3.99. The molecule has 2 aromatic rings. The first-order valence-corrected chi connectivity index (χ1v) is 11.7. The standard InChI is InChI=1S/C24H35BrN4O2/c1-6-7-14-28(23(30)18-29(19(2)3)24(31)26(4)5)17-22-9-8-15-27(22)16-20-10-12-21(25)13-11-20/h8-13,15,19H,6-7,14,16-18H2,1-5H3. The van der Waals surface area contributed by atoms with Crippen LogP contribution < -0.4 is 0 Å². The molecule has 0 saturated carbocycles. The number of unbranched alkanes of at least 4 members (excludes halogenated alkanes) is 1. The van der Waals surface area contributed by atoms with Gasteiger partial charge >= 0.3 is 6.03 Å². The summed E-state index contributed by atoms with van der Waals surface area (Å²) < 4.78 is 3.24. The Kier molecular flexibility index (Phi) is 9.62. The first-order valence-electron chi connectivity index (χ1n) is 10.9. The topological polar surface area (TPSA) is 48.8 Å². The summed E-state index contributed by atoms with van der Waals surface area (Å²) in [6.45, 7) is 8.05. The van der Waals surface area contributed by atoms with Gasteiger partial charge < -0.3 is 19.3 Å². The number of carbonyl (C=O) groups excluding carboxylic acids is 2. The van der Waals surface area contributed by atoms with Crippen LogP contribution in [0.15, 0.2) is 47.1 Å². The van der Waals surface area contributed by atoms with E-state index in [1.165, 1.54) is 10.5 Å². The minimum Gasteiger partial charge on any atom is -0.345 e. The predicted octanol–water partition coefficient (Wildman–Crippen LogP) is 4.82. The highest BCUT2D eigenvalue weighted by Crippen LogP contribution is 2.15. The molecule has 0 spiro atoms. The van der Waals surface area contributed by atoms with Crippen molar-refractivity contribution in [3.05, 3.63) is 58.3 Å². The van der Waals surface area contributed by atoms with Crippen LogP contribution in [0.5, 0.6) is 0 Å². The van der Waals surface area contributed by atoms with E-state index in [1.807, 2.05) is 36.9 Å². The Morgan fingerprint density at radius 2 is 1.77 bits per heavy atom. The summed E-state index contributed by atoms with van der Waals surface area (Å²) in [6, 6.07) is 12.2. The van der Waals surface area contributed by atoms with E-state index in [2.05, 4.69) is 51.8 Å². The minimum atomic E-state index is -0.141. The molecule has 0 aliphatic rings. The number of aromatic nitrogens is 1. The molecule has 1 aromatic carbocycles. The molecule has 0 aliphatic carbocycles. The van der Waals surface area contributed by atoms with Crippen molar-refractivity contribution in [3.63, 3.8) is 0 Å². The van der Waals surface area contributed by atoms with Crippen LogP contribution in [-0.4, -0.2) is 64.4 Å². The third-order valence-corrected chi connectivity index (χ3v) is 5.76. The maximum atomic E-state index is 13.2. The highest BCUT2D eigenvalue weighted by atomic mass is 79.9. The summed E-state index contributed by atoms with van der Waals surface area (Å²) in [5.74, 6) is -0.0197. The van der Waals surface area contributed by atoms with Gasteiger partial charge in [0, 0.05) is 49.6 Å². The molecule has 7 heteroatoms. The first-order chi connectivity index (χ1) is 14.7. The van der Waals surface area contributed by atoms with Crippen molar-refractivity contribution < 1.29 is 9.59 Å². The fraction of sp³-hybridized carbons (Fsp3) is 0.500. The van der Waals surface area contributed by atoms with E-state index < -0.39 is 0 Å². The van der Waals surface area contributed by atoms with Gasteiger partial charge in [0.2, 0.25) is 5.91 Å². The van der Waals surface area contributed by atoms with Crippen LogP contribution in [-0.2, 0) is 17.9 Å². The fourth-order valence-corrected chi connectivity index (χ4v) is 3.61. The molecule has 31 heavy (non-hydrogen) atoms. The molecule has 0 fully saturated rings. The van der Waals surface area contributed by atoms with Gasteiger partial charge in [-0.3, -0.25) is 4.79 Å². The van der Waals surface area contributed by atoms with Gasteiger partial charge in [0.25, 0.3) is 0 Å². The second kappa shape index (κ2) is 11.9. The van der Waals surface area contributed by atoms with E-state index in [0.29, 0.717) is 13.1 Å². The highest BCUT2D eigenvalue weighted by molar-refractivity contribution is 9.10. The molecule has 0 N–H and O–H groups in total. The summed E-state index contributed by atoms with van der Waals surface area (Å²) in [7, 11) is 3.43. The fourth-order valence-electron chi connectivity index (χ4n) is 3.34. The van der Waals surface area contributed by atoms with E-state index in [-0.39, 0.29) is 24.5 Å². The summed E-state index contributed by atoms with van der Waals surface area (Å²) >= 11 is 3.48. The average Bonchev–Trinajstić information content (AvgIpc) is 3.16. The number of benzene rings is 1. The number of hydrogen-bond acceptors (Lipinski definition) is 2. The summed E-state index contributed by atoms with van der Waals surface area (Å²) in [5, 5.41) is 0. The molecule has 1 heterocycles. The smallest absolute Gasteiger partial charge is 0.320 e. The lowest BCUT2D eigenvalue weighted by molar-refractivity contribution is -0.133.